The number of halogens is 2. The highest BCUT2D eigenvalue weighted by atomic mass is 32.2. The van der Waals surface area contributed by atoms with Crippen molar-refractivity contribution < 1.29 is 31.1 Å². The molecule has 1 aromatic heterocycles. The molecule has 0 saturated carbocycles. The lowest BCUT2D eigenvalue weighted by Crippen LogP contribution is -2.34. The minimum atomic E-state index is -4.90. The molecule has 0 atom stereocenters. The lowest BCUT2D eigenvalue weighted by atomic mass is 10.2. The smallest absolute Gasteiger partial charge is 0.341 e. The lowest BCUT2D eigenvalue weighted by Gasteiger charge is -2.23. The van der Waals surface area contributed by atoms with Crippen molar-refractivity contribution in [1.82, 2.24) is 4.90 Å². The van der Waals surface area contributed by atoms with E-state index in [0.717, 1.165) is 6.07 Å². The Morgan fingerprint density at radius 2 is 2.00 bits per heavy atom. The van der Waals surface area contributed by atoms with Gasteiger partial charge in [-0.1, -0.05) is 12.1 Å². The van der Waals surface area contributed by atoms with Crippen LogP contribution in [0, 0.1) is 0 Å². The highest BCUT2D eigenvalue weighted by Gasteiger charge is 2.32. The van der Waals surface area contributed by atoms with Gasteiger partial charge in [-0.15, -0.1) is 0 Å². The van der Waals surface area contributed by atoms with Gasteiger partial charge in [0.1, 0.15) is 0 Å². The van der Waals surface area contributed by atoms with Gasteiger partial charge in [-0.2, -0.15) is 8.78 Å². The van der Waals surface area contributed by atoms with E-state index in [0.29, 0.717) is 5.56 Å². The van der Waals surface area contributed by atoms with Crippen LogP contribution in [0.15, 0.2) is 52.2 Å². The van der Waals surface area contributed by atoms with Gasteiger partial charge in [-0.25, -0.2) is 8.42 Å². The summed E-state index contributed by atoms with van der Waals surface area (Å²) in [6, 6.07) is 6.58. The van der Waals surface area contributed by atoms with Gasteiger partial charge in [0.2, 0.25) is 9.84 Å². The van der Waals surface area contributed by atoms with Gasteiger partial charge in [-0.3, -0.25) is 4.79 Å². The first-order valence-corrected chi connectivity index (χ1v) is 8.83. The highest BCUT2D eigenvalue weighted by Crippen LogP contribution is 2.24. The average Bonchev–Trinajstić information content (AvgIpc) is 3.11. The number of benzene rings is 1. The zero-order chi connectivity index (χ0) is 18.4. The summed E-state index contributed by atoms with van der Waals surface area (Å²) in [6.07, 6.45) is 2.87. The minimum absolute atomic E-state index is 0.127. The molecule has 0 fully saturated rings. The van der Waals surface area contributed by atoms with Crippen molar-refractivity contribution in [3.05, 3.63) is 54.0 Å². The summed E-state index contributed by atoms with van der Waals surface area (Å²) in [7, 11) is -3.45. The number of hydrogen-bond acceptors (Lipinski definition) is 5. The number of amides is 1. The lowest BCUT2D eigenvalue weighted by molar-refractivity contribution is 0.0676. The number of rotatable bonds is 8. The number of nitrogens with zero attached hydrogens (tertiary/aromatic N) is 1. The predicted molar refractivity (Wildman–Crippen MR) is 85.0 cm³/mol. The molecule has 1 heterocycles. The van der Waals surface area contributed by atoms with Crippen LogP contribution >= 0.6 is 0 Å². The van der Waals surface area contributed by atoms with Gasteiger partial charge in [-0.05, 0) is 18.2 Å². The van der Waals surface area contributed by atoms with E-state index in [2.05, 4.69) is 0 Å². The molecule has 9 heteroatoms. The third-order valence-electron chi connectivity index (χ3n) is 3.46. The van der Waals surface area contributed by atoms with Gasteiger partial charge in [0.05, 0.1) is 29.6 Å². The van der Waals surface area contributed by atoms with Crippen LogP contribution < -0.4 is 0 Å². The maximum Gasteiger partial charge on any atom is 0.341 e. The monoisotopic (exact) mass is 373 g/mol. The van der Waals surface area contributed by atoms with E-state index in [1.165, 1.54) is 42.7 Å². The third-order valence-corrected chi connectivity index (χ3v) is 4.90. The molecular formula is C16H17F2NO5S. The van der Waals surface area contributed by atoms with Crippen molar-refractivity contribution in [2.24, 2.45) is 0 Å². The van der Waals surface area contributed by atoms with Crippen molar-refractivity contribution >= 4 is 15.7 Å². The Balaban J connectivity index is 2.39. The van der Waals surface area contributed by atoms with Crippen molar-refractivity contribution in [1.29, 1.82) is 0 Å². The maximum atomic E-state index is 12.9. The largest absolute Gasteiger partial charge is 0.472 e. The second-order valence-electron chi connectivity index (χ2n) is 5.15. The Kier molecular flexibility index (Phi) is 6.27. The first-order valence-electron chi connectivity index (χ1n) is 7.28. The summed E-state index contributed by atoms with van der Waals surface area (Å²) in [5.74, 6) is -4.29. The third kappa shape index (κ3) is 4.43. The molecule has 0 unspecified atom stereocenters. The van der Waals surface area contributed by atoms with Gasteiger partial charge < -0.3 is 14.1 Å². The number of carbonyl (C=O) groups excluding carboxylic acids is 1. The topological polar surface area (TPSA) is 76.8 Å². The summed E-state index contributed by atoms with van der Waals surface area (Å²) in [5.41, 5.74) is 0.376. The molecule has 1 amide bonds. The number of furan rings is 1. The molecule has 2 rings (SSSR count). The van der Waals surface area contributed by atoms with E-state index < -0.39 is 26.4 Å². The van der Waals surface area contributed by atoms with Crippen molar-refractivity contribution in [3.8, 4) is 0 Å². The maximum absolute atomic E-state index is 12.9. The molecule has 0 N–H and O–H groups in total. The Bertz CT molecular complexity index is 806. The molecule has 2 aromatic rings. The molecule has 6 nitrogen and oxygen atoms in total. The van der Waals surface area contributed by atoms with E-state index in [1.807, 2.05) is 0 Å². The number of methoxy groups -OCH3 is 1. The first kappa shape index (κ1) is 19.1. The van der Waals surface area contributed by atoms with Crippen LogP contribution in [-0.2, 0) is 21.1 Å². The van der Waals surface area contributed by atoms with Crippen LogP contribution in [0.1, 0.15) is 15.9 Å². The Labute approximate surface area is 143 Å². The van der Waals surface area contributed by atoms with Gasteiger partial charge in [0.25, 0.3) is 5.91 Å². The first-order chi connectivity index (χ1) is 11.9. The molecule has 1 aromatic carbocycles. The molecule has 136 valence electrons. The summed E-state index contributed by atoms with van der Waals surface area (Å²) < 4.78 is 59.4. The van der Waals surface area contributed by atoms with Crippen molar-refractivity contribution in [2.75, 3.05) is 20.3 Å². The number of sulfone groups is 1. The van der Waals surface area contributed by atoms with Crippen molar-refractivity contribution in [3.63, 3.8) is 0 Å². The minimum Gasteiger partial charge on any atom is -0.472 e. The van der Waals surface area contributed by atoms with E-state index in [9.17, 15) is 22.0 Å². The fourth-order valence-corrected chi connectivity index (χ4v) is 3.14. The Morgan fingerprint density at radius 3 is 2.60 bits per heavy atom. The number of ether oxygens (including phenoxy) is 1. The van der Waals surface area contributed by atoms with Crippen LogP contribution in [0.4, 0.5) is 8.78 Å². The summed E-state index contributed by atoms with van der Waals surface area (Å²) >= 11 is 0. The molecular weight excluding hydrogens is 356 g/mol. The van der Waals surface area contributed by atoms with Gasteiger partial charge in [0, 0.05) is 25.8 Å². The van der Waals surface area contributed by atoms with E-state index in [1.54, 1.807) is 6.07 Å². The van der Waals surface area contributed by atoms with E-state index in [-0.39, 0.29) is 25.3 Å². The quantitative estimate of drug-likeness (QED) is 0.711. The average molecular weight is 373 g/mol. The molecule has 0 bridgehead atoms. The summed E-state index contributed by atoms with van der Waals surface area (Å²) in [4.78, 5) is 13.4. The normalized spacial score (nSPS) is 11.7. The van der Waals surface area contributed by atoms with Crippen LogP contribution in [0.2, 0.25) is 0 Å². The second-order valence-corrected chi connectivity index (χ2v) is 7.04. The molecule has 0 radical (unpaired) electrons. The standard InChI is InChI=1S/C16H17F2NO5S/c1-23-9-7-19(10-12-6-8-24-11-12)15(20)13-4-2-3-5-14(13)25(21,22)16(17)18/h2-6,8,11,16H,7,9-10H2,1H3. The molecule has 0 aliphatic heterocycles. The Morgan fingerprint density at radius 1 is 1.28 bits per heavy atom. The van der Waals surface area contributed by atoms with Crippen LogP contribution in [0.5, 0.6) is 0 Å². The molecule has 0 aliphatic rings. The van der Waals surface area contributed by atoms with Crippen LogP contribution in [0.25, 0.3) is 0 Å². The Hall–Kier alpha value is -2.26. The van der Waals surface area contributed by atoms with Gasteiger partial charge in [0.15, 0.2) is 0 Å². The zero-order valence-corrected chi connectivity index (χ0v) is 14.2. The van der Waals surface area contributed by atoms with E-state index >= 15 is 0 Å². The number of hydrogen-bond donors (Lipinski definition) is 0. The molecule has 25 heavy (non-hydrogen) atoms. The molecule has 0 saturated heterocycles. The number of carbonyl (C=O) groups is 1. The van der Waals surface area contributed by atoms with Crippen LogP contribution in [0.3, 0.4) is 0 Å². The molecule has 0 aliphatic carbocycles. The fraction of sp³-hybridized carbons (Fsp3) is 0.312. The summed E-state index contributed by atoms with van der Waals surface area (Å²) in [5, 5.41) is 0. The van der Waals surface area contributed by atoms with Gasteiger partial charge >= 0.3 is 5.76 Å². The molecule has 0 spiro atoms. The fourth-order valence-electron chi connectivity index (χ4n) is 2.21. The SMILES string of the molecule is COCCN(Cc1ccoc1)C(=O)c1ccccc1S(=O)(=O)C(F)F. The summed E-state index contributed by atoms with van der Waals surface area (Å²) in [6.45, 7) is 0.485. The highest BCUT2D eigenvalue weighted by molar-refractivity contribution is 7.91. The zero-order valence-electron chi connectivity index (χ0n) is 13.4. The number of alkyl halides is 2. The second kappa shape index (κ2) is 8.21. The van der Waals surface area contributed by atoms with Crippen molar-refractivity contribution in [2.45, 2.75) is 17.2 Å². The van der Waals surface area contributed by atoms with E-state index in [4.69, 9.17) is 9.15 Å². The predicted octanol–water partition coefficient (Wildman–Crippen LogP) is 2.56. The van der Waals surface area contributed by atoms with Crippen LogP contribution in [-0.4, -0.2) is 45.2 Å².